The van der Waals surface area contributed by atoms with Gasteiger partial charge < -0.3 is 10.2 Å². The Bertz CT molecular complexity index is 403. The average Bonchev–Trinajstić information content (AvgIpc) is 2.47. The normalized spacial score (nSPS) is 17.5. The number of nitrogens with one attached hydrogen (secondary N) is 1. The molecule has 5 heteroatoms. The van der Waals surface area contributed by atoms with Gasteiger partial charge in [-0.1, -0.05) is 0 Å². The van der Waals surface area contributed by atoms with E-state index in [2.05, 4.69) is 15.2 Å². The average molecular weight is 262 g/mol. The Balaban J connectivity index is 1.90. The second kappa shape index (κ2) is 6.63. The summed E-state index contributed by atoms with van der Waals surface area (Å²) >= 11 is 0. The number of likely N-dealkylation sites (N-methyl/N-ethyl adjacent to an activating group) is 1. The second-order valence-corrected chi connectivity index (χ2v) is 5.02. The predicted molar refractivity (Wildman–Crippen MR) is 74.6 cm³/mol. The molecule has 0 aromatic carbocycles. The maximum atomic E-state index is 12.4. The number of carbonyl (C=O) groups is 1. The van der Waals surface area contributed by atoms with E-state index < -0.39 is 0 Å². The van der Waals surface area contributed by atoms with E-state index in [0.717, 1.165) is 32.7 Å². The molecule has 1 aliphatic rings. The van der Waals surface area contributed by atoms with Crippen molar-refractivity contribution in [2.45, 2.75) is 19.5 Å². The maximum absolute atomic E-state index is 12.4. The molecule has 2 rings (SSSR count). The van der Waals surface area contributed by atoms with E-state index in [-0.39, 0.29) is 11.9 Å². The molecule has 1 amide bonds. The quantitative estimate of drug-likeness (QED) is 0.850. The SMILES string of the molecule is CC(C(=O)N1CCNCC1)N(C)Cc1ccncc1. The second-order valence-electron chi connectivity index (χ2n) is 5.02. The molecule has 1 aromatic rings. The molecule has 0 aliphatic carbocycles. The molecule has 1 unspecified atom stereocenters. The molecule has 1 saturated heterocycles. The van der Waals surface area contributed by atoms with Crippen LogP contribution in [0.3, 0.4) is 0 Å². The minimum Gasteiger partial charge on any atom is -0.339 e. The largest absolute Gasteiger partial charge is 0.339 e. The van der Waals surface area contributed by atoms with E-state index in [1.165, 1.54) is 5.56 Å². The lowest BCUT2D eigenvalue weighted by Crippen LogP contribution is -2.52. The number of rotatable bonds is 4. The third-order valence-corrected chi connectivity index (χ3v) is 3.63. The number of aromatic nitrogens is 1. The minimum atomic E-state index is -0.0914. The van der Waals surface area contributed by atoms with Crippen molar-refractivity contribution in [1.82, 2.24) is 20.1 Å². The predicted octanol–water partition coefficient (Wildman–Crippen LogP) is 0.334. The first-order valence-corrected chi connectivity index (χ1v) is 6.77. The molecule has 1 aromatic heterocycles. The van der Waals surface area contributed by atoms with Gasteiger partial charge in [0.15, 0.2) is 0 Å². The maximum Gasteiger partial charge on any atom is 0.239 e. The molecule has 19 heavy (non-hydrogen) atoms. The van der Waals surface area contributed by atoms with E-state index in [9.17, 15) is 4.79 Å². The first kappa shape index (κ1) is 14.0. The van der Waals surface area contributed by atoms with Gasteiger partial charge in [0.25, 0.3) is 0 Å². The molecule has 0 saturated carbocycles. The molecule has 1 fully saturated rings. The number of carbonyl (C=O) groups excluding carboxylic acids is 1. The summed E-state index contributed by atoms with van der Waals surface area (Å²) in [6.45, 7) is 6.16. The number of pyridine rings is 1. The third kappa shape index (κ3) is 3.75. The smallest absolute Gasteiger partial charge is 0.239 e. The molecular formula is C14H22N4O. The zero-order chi connectivity index (χ0) is 13.7. The Hall–Kier alpha value is -1.46. The molecule has 1 aliphatic heterocycles. The molecule has 0 bridgehead atoms. The minimum absolute atomic E-state index is 0.0914. The van der Waals surface area contributed by atoms with E-state index in [1.54, 1.807) is 12.4 Å². The Kier molecular flexibility index (Phi) is 4.87. The lowest BCUT2D eigenvalue weighted by atomic mass is 10.2. The van der Waals surface area contributed by atoms with Crippen LogP contribution in [0.1, 0.15) is 12.5 Å². The van der Waals surface area contributed by atoms with E-state index >= 15 is 0 Å². The molecule has 0 spiro atoms. The molecule has 104 valence electrons. The Morgan fingerprint density at radius 3 is 2.68 bits per heavy atom. The first-order chi connectivity index (χ1) is 9.18. The van der Waals surface area contributed by atoms with Crippen LogP contribution in [0.2, 0.25) is 0 Å². The molecule has 2 heterocycles. The van der Waals surface area contributed by atoms with Crippen LogP contribution in [0.25, 0.3) is 0 Å². The Labute approximate surface area is 114 Å². The van der Waals surface area contributed by atoms with Crippen molar-refractivity contribution in [3.8, 4) is 0 Å². The monoisotopic (exact) mass is 262 g/mol. The molecule has 1 N–H and O–H groups in total. The van der Waals surface area contributed by atoms with Gasteiger partial charge in [0.05, 0.1) is 6.04 Å². The van der Waals surface area contributed by atoms with Crippen LogP contribution in [-0.2, 0) is 11.3 Å². The van der Waals surface area contributed by atoms with Gasteiger partial charge in [-0.25, -0.2) is 0 Å². The highest BCUT2D eigenvalue weighted by molar-refractivity contribution is 5.81. The van der Waals surface area contributed by atoms with Gasteiger partial charge in [-0.15, -0.1) is 0 Å². The highest BCUT2D eigenvalue weighted by atomic mass is 16.2. The third-order valence-electron chi connectivity index (χ3n) is 3.63. The van der Waals surface area contributed by atoms with Crippen molar-refractivity contribution in [3.05, 3.63) is 30.1 Å². The lowest BCUT2D eigenvalue weighted by molar-refractivity contribution is -0.136. The van der Waals surface area contributed by atoms with Gasteiger partial charge >= 0.3 is 0 Å². The summed E-state index contributed by atoms with van der Waals surface area (Å²) in [5.74, 6) is 0.220. The van der Waals surface area contributed by atoms with Crippen molar-refractivity contribution in [1.29, 1.82) is 0 Å². The Morgan fingerprint density at radius 1 is 1.42 bits per heavy atom. The first-order valence-electron chi connectivity index (χ1n) is 6.77. The molecular weight excluding hydrogens is 240 g/mol. The van der Waals surface area contributed by atoms with Gasteiger partial charge in [-0.2, -0.15) is 0 Å². The van der Waals surface area contributed by atoms with Gasteiger partial charge in [-0.05, 0) is 31.7 Å². The number of hydrogen-bond acceptors (Lipinski definition) is 4. The van der Waals surface area contributed by atoms with Crippen LogP contribution < -0.4 is 5.32 Å². The molecule has 5 nitrogen and oxygen atoms in total. The summed E-state index contributed by atoms with van der Waals surface area (Å²) in [6.07, 6.45) is 3.57. The van der Waals surface area contributed by atoms with Gasteiger partial charge in [-0.3, -0.25) is 14.7 Å². The Morgan fingerprint density at radius 2 is 2.05 bits per heavy atom. The van der Waals surface area contributed by atoms with Crippen molar-refractivity contribution in [2.75, 3.05) is 33.2 Å². The van der Waals surface area contributed by atoms with E-state index in [0.29, 0.717) is 0 Å². The summed E-state index contributed by atoms with van der Waals surface area (Å²) in [4.78, 5) is 20.4. The lowest BCUT2D eigenvalue weighted by Gasteiger charge is -2.33. The zero-order valence-corrected chi connectivity index (χ0v) is 11.7. The fourth-order valence-corrected chi connectivity index (χ4v) is 2.25. The fourth-order valence-electron chi connectivity index (χ4n) is 2.25. The van der Waals surface area contributed by atoms with Crippen molar-refractivity contribution < 1.29 is 4.79 Å². The van der Waals surface area contributed by atoms with Crippen molar-refractivity contribution >= 4 is 5.91 Å². The van der Waals surface area contributed by atoms with Gasteiger partial charge in [0.1, 0.15) is 0 Å². The summed E-state index contributed by atoms with van der Waals surface area (Å²) < 4.78 is 0. The summed E-state index contributed by atoms with van der Waals surface area (Å²) in [5.41, 5.74) is 1.18. The van der Waals surface area contributed by atoms with E-state index in [4.69, 9.17) is 0 Å². The summed E-state index contributed by atoms with van der Waals surface area (Å²) in [5, 5.41) is 3.26. The topological polar surface area (TPSA) is 48.5 Å². The number of amides is 1. The van der Waals surface area contributed by atoms with Crippen LogP contribution in [-0.4, -0.2) is 60.0 Å². The summed E-state index contributed by atoms with van der Waals surface area (Å²) in [6, 6.07) is 3.88. The number of piperazine rings is 1. The van der Waals surface area contributed by atoms with Crippen LogP contribution in [0.5, 0.6) is 0 Å². The fraction of sp³-hybridized carbons (Fsp3) is 0.571. The summed E-state index contributed by atoms with van der Waals surface area (Å²) in [7, 11) is 1.99. The van der Waals surface area contributed by atoms with Crippen LogP contribution >= 0.6 is 0 Å². The molecule has 1 atom stereocenters. The zero-order valence-electron chi connectivity index (χ0n) is 11.7. The van der Waals surface area contributed by atoms with E-state index in [1.807, 2.05) is 31.0 Å². The highest BCUT2D eigenvalue weighted by Crippen LogP contribution is 2.08. The van der Waals surface area contributed by atoms with Crippen LogP contribution in [0.4, 0.5) is 0 Å². The molecule has 0 radical (unpaired) electrons. The van der Waals surface area contributed by atoms with Crippen molar-refractivity contribution in [3.63, 3.8) is 0 Å². The van der Waals surface area contributed by atoms with Crippen LogP contribution in [0, 0.1) is 0 Å². The van der Waals surface area contributed by atoms with Gasteiger partial charge in [0.2, 0.25) is 5.91 Å². The standard InChI is InChI=1S/C14H22N4O/c1-12(14(19)18-9-7-16-8-10-18)17(2)11-13-3-5-15-6-4-13/h3-6,12,16H,7-11H2,1-2H3. The number of hydrogen-bond donors (Lipinski definition) is 1. The highest BCUT2D eigenvalue weighted by Gasteiger charge is 2.24. The number of nitrogens with zero attached hydrogens (tertiary/aromatic N) is 3. The van der Waals surface area contributed by atoms with Crippen molar-refractivity contribution in [2.24, 2.45) is 0 Å². The van der Waals surface area contributed by atoms with Crippen LogP contribution in [0.15, 0.2) is 24.5 Å². The van der Waals surface area contributed by atoms with Gasteiger partial charge in [0, 0.05) is 45.1 Å².